The highest BCUT2D eigenvalue weighted by Gasteiger charge is 2.12. The normalized spacial score (nSPS) is 11.1. The lowest BCUT2D eigenvalue weighted by molar-refractivity contribution is -0.126. The molecule has 0 aliphatic rings. The van der Waals surface area contributed by atoms with E-state index in [0.29, 0.717) is 62.3 Å². The molecule has 37 heavy (non-hydrogen) atoms. The molecule has 10 heteroatoms. The Morgan fingerprint density at radius 1 is 0.892 bits per heavy atom. The van der Waals surface area contributed by atoms with E-state index >= 15 is 0 Å². The van der Waals surface area contributed by atoms with Crippen molar-refractivity contribution in [2.24, 2.45) is 5.73 Å². The van der Waals surface area contributed by atoms with Gasteiger partial charge in [-0.25, -0.2) is 0 Å². The van der Waals surface area contributed by atoms with Crippen LogP contribution in [0.5, 0.6) is 28.7 Å². The van der Waals surface area contributed by atoms with Gasteiger partial charge in [-0.15, -0.1) is 0 Å². The molecule has 0 spiro atoms. The van der Waals surface area contributed by atoms with E-state index in [9.17, 15) is 24.9 Å². The Hall–Kier alpha value is -4.18. The summed E-state index contributed by atoms with van der Waals surface area (Å²) in [5.74, 6) is -0.711. The Labute approximate surface area is 216 Å². The van der Waals surface area contributed by atoms with Gasteiger partial charge < -0.3 is 40.7 Å². The van der Waals surface area contributed by atoms with Crippen molar-refractivity contribution in [3.63, 3.8) is 0 Å². The van der Waals surface area contributed by atoms with E-state index in [1.165, 1.54) is 50.6 Å². The van der Waals surface area contributed by atoms with Crippen LogP contribution in [0.4, 0.5) is 0 Å². The minimum atomic E-state index is -0.362. The Morgan fingerprint density at radius 2 is 1.57 bits per heavy atom. The van der Waals surface area contributed by atoms with Gasteiger partial charge in [0, 0.05) is 31.8 Å². The lowest BCUT2D eigenvalue weighted by atomic mass is 10.1. The van der Waals surface area contributed by atoms with Crippen LogP contribution in [0, 0.1) is 0 Å². The van der Waals surface area contributed by atoms with Gasteiger partial charge >= 0.3 is 0 Å². The SMILES string of the molecule is COc1cc(/C=C/C(=O)NCCCCN(CCCN)C(=O)/C=C/c2cc(O)c(O)c(OC)c2)ccc1O. The maximum absolute atomic E-state index is 12.7. The Kier molecular flexibility index (Phi) is 11.8. The summed E-state index contributed by atoms with van der Waals surface area (Å²) in [5.41, 5.74) is 6.83. The highest BCUT2D eigenvalue weighted by molar-refractivity contribution is 5.92. The summed E-state index contributed by atoms with van der Waals surface area (Å²) in [6.07, 6.45) is 7.96. The molecule has 0 aromatic heterocycles. The number of aromatic hydroxyl groups is 3. The number of nitrogens with one attached hydrogen (secondary N) is 1. The van der Waals surface area contributed by atoms with Crippen LogP contribution in [0.1, 0.15) is 30.4 Å². The number of nitrogens with zero attached hydrogens (tertiary/aromatic N) is 1. The Bertz CT molecular complexity index is 1120. The molecule has 6 N–H and O–H groups in total. The van der Waals surface area contributed by atoms with Crippen molar-refractivity contribution in [1.29, 1.82) is 0 Å². The molecule has 0 unspecified atom stereocenters. The first-order chi connectivity index (χ1) is 17.8. The molecule has 0 bridgehead atoms. The van der Waals surface area contributed by atoms with E-state index in [4.69, 9.17) is 15.2 Å². The summed E-state index contributed by atoms with van der Waals surface area (Å²) in [6.45, 7) is 1.89. The van der Waals surface area contributed by atoms with E-state index in [1.54, 1.807) is 23.1 Å². The number of hydrogen-bond acceptors (Lipinski definition) is 8. The number of ether oxygens (including phenoxy) is 2. The van der Waals surface area contributed by atoms with Crippen LogP contribution in [-0.4, -0.2) is 72.4 Å². The molecule has 0 atom stereocenters. The standard InChI is InChI=1S/C27H35N3O7/c1-36-23-17-19(6-9-21(23)31)7-10-25(33)29-13-3-4-14-30(15-5-12-28)26(34)11-8-20-16-22(32)27(35)24(18-20)37-2/h6-11,16-18,31-32,35H,3-5,12-15,28H2,1-2H3,(H,29,33)/b10-7+,11-8+. The highest BCUT2D eigenvalue weighted by atomic mass is 16.5. The molecule has 2 rings (SSSR count). The van der Waals surface area contributed by atoms with Crippen molar-refractivity contribution in [3.05, 3.63) is 53.6 Å². The van der Waals surface area contributed by atoms with Crippen molar-refractivity contribution < 1.29 is 34.4 Å². The predicted octanol–water partition coefficient (Wildman–Crippen LogP) is 2.62. The lowest BCUT2D eigenvalue weighted by Crippen LogP contribution is -2.33. The van der Waals surface area contributed by atoms with Crippen molar-refractivity contribution in [1.82, 2.24) is 10.2 Å². The summed E-state index contributed by atoms with van der Waals surface area (Å²) in [6, 6.07) is 7.64. The first-order valence-corrected chi connectivity index (χ1v) is 11.9. The second-order valence-electron chi connectivity index (χ2n) is 8.15. The van der Waals surface area contributed by atoms with Gasteiger partial charge in [0.05, 0.1) is 14.2 Å². The maximum Gasteiger partial charge on any atom is 0.246 e. The zero-order chi connectivity index (χ0) is 27.2. The highest BCUT2D eigenvalue weighted by Crippen LogP contribution is 2.36. The number of benzene rings is 2. The molecule has 0 saturated heterocycles. The van der Waals surface area contributed by atoms with Crippen LogP contribution < -0.4 is 20.5 Å². The fraction of sp³-hybridized carbons (Fsp3) is 0.333. The van der Waals surface area contributed by atoms with Gasteiger partial charge in [0.2, 0.25) is 17.6 Å². The van der Waals surface area contributed by atoms with E-state index in [2.05, 4.69) is 5.32 Å². The van der Waals surface area contributed by atoms with Crippen LogP contribution in [0.3, 0.4) is 0 Å². The number of phenolic OH excluding ortho intramolecular Hbond substituents is 3. The minimum absolute atomic E-state index is 0.0264. The molecule has 2 aromatic carbocycles. The van der Waals surface area contributed by atoms with Gasteiger partial charge in [0.15, 0.2) is 23.0 Å². The Morgan fingerprint density at radius 3 is 2.27 bits per heavy atom. The fourth-order valence-corrected chi connectivity index (χ4v) is 3.42. The number of nitrogens with two attached hydrogens (primary N) is 1. The average molecular weight is 514 g/mol. The second kappa shape index (κ2) is 15.0. The topological polar surface area (TPSA) is 155 Å². The van der Waals surface area contributed by atoms with Gasteiger partial charge in [-0.2, -0.15) is 0 Å². The number of phenols is 3. The third-order valence-corrected chi connectivity index (χ3v) is 5.44. The first-order valence-electron chi connectivity index (χ1n) is 11.9. The smallest absolute Gasteiger partial charge is 0.246 e. The van der Waals surface area contributed by atoms with Crippen LogP contribution in [0.15, 0.2) is 42.5 Å². The van der Waals surface area contributed by atoms with Gasteiger partial charge in [-0.1, -0.05) is 6.07 Å². The molecule has 10 nitrogen and oxygen atoms in total. The summed E-state index contributed by atoms with van der Waals surface area (Å²) in [5, 5.41) is 32.0. The van der Waals surface area contributed by atoms with Crippen molar-refractivity contribution >= 4 is 24.0 Å². The lowest BCUT2D eigenvalue weighted by Gasteiger charge is -2.21. The summed E-state index contributed by atoms with van der Waals surface area (Å²) >= 11 is 0. The van der Waals surface area contributed by atoms with E-state index < -0.39 is 0 Å². The van der Waals surface area contributed by atoms with E-state index in [-0.39, 0.29) is 34.8 Å². The summed E-state index contributed by atoms with van der Waals surface area (Å²) in [4.78, 5) is 26.5. The minimum Gasteiger partial charge on any atom is -0.504 e. The number of carbonyl (C=O) groups excluding carboxylic acids is 2. The van der Waals surface area contributed by atoms with Crippen LogP contribution in [0.25, 0.3) is 12.2 Å². The summed E-state index contributed by atoms with van der Waals surface area (Å²) < 4.78 is 10.1. The Balaban J connectivity index is 1.84. The van der Waals surface area contributed by atoms with Crippen molar-refractivity contribution in [2.75, 3.05) is 40.4 Å². The molecule has 0 aliphatic carbocycles. The third-order valence-electron chi connectivity index (χ3n) is 5.44. The molecule has 0 fully saturated rings. The second-order valence-corrected chi connectivity index (χ2v) is 8.15. The van der Waals surface area contributed by atoms with Gasteiger partial charge in [0.1, 0.15) is 0 Å². The fourth-order valence-electron chi connectivity index (χ4n) is 3.42. The number of carbonyl (C=O) groups is 2. The molecule has 0 aliphatic heterocycles. The predicted molar refractivity (Wildman–Crippen MR) is 142 cm³/mol. The molecule has 0 saturated carbocycles. The quantitative estimate of drug-likeness (QED) is 0.147. The first kappa shape index (κ1) is 29.1. The molecular weight excluding hydrogens is 478 g/mol. The molecule has 0 heterocycles. The number of hydrogen-bond donors (Lipinski definition) is 5. The molecule has 200 valence electrons. The van der Waals surface area contributed by atoms with Crippen LogP contribution in [-0.2, 0) is 9.59 Å². The van der Waals surface area contributed by atoms with Crippen LogP contribution in [0.2, 0.25) is 0 Å². The van der Waals surface area contributed by atoms with E-state index in [0.717, 1.165) is 0 Å². The van der Waals surface area contributed by atoms with E-state index in [1.807, 2.05) is 0 Å². The van der Waals surface area contributed by atoms with Gasteiger partial charge in [0.25, 0.3) is 0 Å². The van der Waals surface area contributed by atoms with Crippen molar-refractivity contribution in [3.8, 4) is 28.7 Å². The monoisotopic (exact) mass is 513 g/mol. The maximum atomic E-state index is 12.7. The van der Waals surface area contributed by atoms with Gasteiger partial charge in [-0.3, -0.25) is 9.59 Å². The number of methoxy groups -OCH3 is 2. The van der Waals surface area contributed by atoms with Gasteiger partial charge in [-0.05, 0) is 73.4 Å². The molecule has 2 amide bonds. The number of rotatable bonds is 14. The van der Waals surface area contributed by atoms with Crippen molar-refractivity contribution in [2.45, 2.75) is 19.3 Å². The average Bonchev–Trinajstić information content (AvgIpc) is 2.89. The molecule has 0 radical (unpaired) electrons. The third kappa shape index (κ3) is 9.42. The molecule has 2 aromatic rings. The van der Waals surface area contributed by atoms with Crippen LogP contribution >= 0.6 is 0 Å². The summed E-state index contributed by atoms with van der Waals surface area (Å²) in [7, 11) is 2.82. The largest absolute Gasteiger partial charge is 0.504 e. The number of unbranched alkanes of at least 4 members (excludes halogenated alkanes) is 1. The zero-order valence-corrected chi connectivity index (χ0v) is 21.1. The number of amides is 2. The zero-order valence-electron chi connectivity index (χ0n) is 21.1. The molecular formula is C27H35N3O7.